The van der Waals surface area contributed by atoms with E-state index in [1.54, 1.807) is 55.4 Å². The van der Waals surface area contributed by atoms with Gasteiger partial charge in [0.05, 0.1) is 23.7 Å². The van der Waals surface area contributed by atoms with Crippen LogP contribution in [0.5, 0.6) is 0 Å². The molecule has 0 saturated heterocycles. The third kappa shape index (κ3) is 15.8. The van der Waals surface area contributed by atoms with Crippen molar-refractivity contribution in [1.29, 1.82) is 0 Å². The lowest BCUT2D eigenvalue weighted by molar-refractivity contribution is -0.195. The number of fused-ring (bicyclic) bond motifs is 2. The number of hydrogen-bond donors (Lipinski definition) is 5. The molecule has 5 N–H and O–H groups in total. The monoisotopic (exact) mass is 875 g/mol. The van der Waals surface area contributed by atoms with Crippen molar-refractivity contribution in [2.45, 2.75) is 162 Å². The Labute approximate surface area is 367 Å². The van der Waals surface area contributed by atoms with Gasteiger partial charge in [0.1, 0.15) is 23.1 Å². The summed E-state index contributed by atoms with van der Waals surface area (Å²) in [6, 6.07) is 7.41. The number of Topliss-reactive ketones (excluding diaryl/α,β-unsaturated/α-hetero) is 1. The highest BCUT2D eigenvalue weighted by atomic mass is 32.2. The van der Waals surface area contributed by atoms with Gasteiger partial charge in [0, 0.05) is 49.3 Å². The van der Waals surface area contributed by atoms with Crippen LogP contribution in [0.15, 0.2) is 29.2 Å². The number of thioether (sulfide) groups is 1. The molecule has 61 heavy (non-hydrogen) atoms. The third-order valence-electron chi connectivity index (χ3n) is 12.4. The van der Waals surface area contributed by atoms with Gasteiger partial charge in [0.2, 0.25) is 11.8 Å². The molecule has 15 heteroatoms. The lowest BCUT2D eigenvalue weighted by atomic mass is 9.47. The molecule has 4 amide bonds. The summed E-state index contributed by atoms with van der Waals surface area (Å²) in [5.74, 6) is -1.05. The molecule has 1 aromatic rings. The van der Waals surface area contributed by atoms with Crippen molar-refractivity contribution in [1.82, 2.24) is 21.3 Å². The summed E-state index contributed by atoms with van der Waals surface area (Å²) >= 11 is 1.32. The van der Waals surface area contributed by atoms with Gasteiger partial charge in [0.15, 0.2) is 0 Å². The summed E-state index contributed by atoms with van der Waals surface area (Å²) in [6.07, 6.45) is 1.63. The molecular formula is C46H74N4O10S. The Morgan fingerprint density at radius 2 is 1.36 bits per heavy atom. The number of esters is 1. The Morgan fingerprint density at radius 1 is 0.820 bits per heavy atom. The summed E-state index contributed by atoms with van der Waals surface area (Å²) in [6.45, 7) is 21.6. The zero-order valence-corrected chi connectivity index (χ0v) is 39.4. The maximum Gasteiger partial charge on any atom is 0.407 e. The fourth-order valence-corrected chi connectivity index (χ4v) is 9.35. The molecule has 0 aliphatic heterocycles. The van der Waals surface area contributed by atoms with Crippen LogP contribution < -0.4 is 21.3 Å². The van der Waals surface area contributed by atoms with Gasteiger partial charge in [-0.05, 0) is 129 Å². The smallest absolute Gasteiger partial charge is 0.407 e. The number of benzene rings is 1. The lowest BCUT2D eigenvalue weighted by Crippen LogP contribution is -2.61. The number of carbonyl (C=O) groups excluding carboxylic acids is 6. The van der Waals surface area contributed by atoms with Crippen LogP contribution in [0.1, 0.15) is 133 Å². The number of aliphatic hydroxyl groups excluding tert-OH is 1. The van der Waals surface area contributed by atoms with E-state index < -0.39 is 57.8 Å². The number of amides is 4. The molecule has 0 aromatic heterocycles. The molecule has 3 rings (SSSR count). The highest BCUT2D eigenvalue weighted by Crippen LogP contribution is 2.62. The number of carbonyl (C=O) groups is 6. The van der Waals surface area contributed by atoms with Crippen LogP contribution in [0.25, 0.3) is 0 Å². The first kappa shape index (κ1) is 51.5. The van der Waals surface area contributed by atoms with E-state index in [4.69, 9.17) is 14.2 Å². The lowest BCUT2D eigenvalue weighted by Gasteiger charge is -2.60. The van der Waals surface area contributed by atoms with Crippen LogP contribution >= 0.6 is 11.8 Å². The van der Waals surface area contributed by atoms with Gasteiger partial charge in [-0.25, -0.2) is 9.59 Å². The minimum absolute atomic E-state index is 0.0140. The second kappa shape index (κ2) is 22.0. The van der Waals surface area contributed by atoms with E-state index >= 15 is 0 Å². The van der Waals surface area contributed by atoms with Gasteiger partial charge >= 0.3 is 18.2 Å². The average Bonchev–Trinajstić information content (AvgIpc) is 3.15. The van der Waals surface area contributed by atoms with E-state index in [1.165, 1.54) is 11.8 Å². The molecule has 2 fully saturated rings. The van der Waals surface area contributed by atoms with Crippen molar-refractivity contribution in [3.63, 3.8) is 0 Å². The van der Waals surface area contributed by atoms with Crippen molar-refractivity contribution in [2.75, 3.05) is 31.9 Å². The van der Waals surface area contributed by atoms with E-state index in [0.717, 1.165) is 23.3 Å². The zero-order valence-electron chi connectivity index (χ0n) is 38.5. The molecule has 0 heterocycles. The second-order valence-corrected chi connectivity index (χ2v) is 20.8. The van der Waals surface area contributed by atoms with Gasteiger partial charge in [-0.1, -0.05) is 32.9 Å². The summed E-state index contributed by atoms with van der Waals surface area (Å²) in [7, 11) is 0. The van der Waals surface area contributed by atoms with Gasteiger partial charge in [-0.2, -0.15) is 0 Å². The molecule has 0 unspecified atom stereocenters. The van der Waals surface area contributed by atoms with Crippen LogP contribution in [-0.4, -0.2) is 96.2 Å². The van der Waals surface area contributed by atoms with Crippen LogP contribution in [0, 0.1) is 28.1 Å². The number of aliphatic hydroxyl groups is 1. The molecule has 0 spiro atoms. The normalized spacial score (nSPS) is 26.4. The Kier molecular flexibility index (Phi) is 18.6. The predicted octanol–water partition coefficient (Wildman–Crippen LogP) is 6.88. The molecule has 7 atom stereocenters. The molecule has 2 aliphatic carbocycles. The standard InChI is InChI=1S/C46H74N4O10S/c1-30-18-20-46(21-19-31(2)51)29-45(30,11)35(27-44(10,38(54)32(46)3)39(55)48-23-13-25-50-41(57)60-43(7,8)9)58-37(53)28-61-34-16-14-33(15-17-34)26-36(52)47-22-12-24-49-40(56)59-42(4,5)6/h14-17,30,32,35,38,54H,12-13,18-29H2,1-11H3,(H,47,52)(H,48,55)(H,49,56)(H,50,57)/t30-,32+,35-,38+,44+,45+,46-/m1/s1. The Hall–Kier alpha value is -3.85. The number of ketones is 1. The summed E-state index contributed by atoms with van der Waals surface area (Å²) in [4.78, 5) is 77.7. The van der Waals surface area contributed by atoms with E-state index in [-0.39, 0.29) is 61.1 Å². The quantitative estimate of drug-likeness (QED) is 0.0446. The molecule has 0 radical (unpaired) electrons. The number of ether oxygens (including phenoxy) is 3. The van der Waals surface area contributed by atoms with E-state index in [9.17, 15) is 33.9 Å². The minimum Gasteiger partial charge on any atom is -0.461 e. The highest BCUT2D eigenvalue weighted by Gasteiger charge is 2.61. The molecule has 2 aliphatic rings. The first-order valence-electron chi connectivity index (χ1n) is 21.9. The molecular weight excluding hydrogens is 801 g/mol. The minimum atomic E-state index is -1.34. The van der Waals surface area contributed by atoms with Crippen molar-refractivity contribution in [3.05, 3.63) is 29.8 Å². The van der Waals surface area contributed by atoms with Crippen LogP contribution in [0.3, 0.4) is 0 Å². The SMILES string of the molecule is CC(=O)CC[C@]12CC[C@@H](C)[C@](C)(C1)[C@H](OC(=O)CSc1ccc(CC(=O)NCCCNC(=O)OC(C)(C)C)cc1)C[C@](C)(C(=O)NCCCNC(=O)OC(C)(C)C)[C@@H](O)[C@@H]2C. The summed E-state index contributed by atoms with van der Waals surface area (Å²) < 4.78 is 16.9. The Morgan fingerprint density at radius 3 is 1.90 bits per heavy atom. The zero-order chi connectivity index (χ0) is 45.8. The van der Waals surface area contributed by atoms with Gasteiger partial charge in [-0.3, -0.25) is 14.4 Å². The number of alkyl carbamates (subject to hydrolysis) is 2. The fourth-order valence-electron chi connectivity index (χ4n) is 8.67. The van der Waals surface area contributed by atoms with Crippen molar-refractivity contribution >= 4 is 47.5 Å². The Balaban J connectivity index is 1.68. The maximum absolute atomic E-state index is 14.3. The number of hydrogen-bond acceptors (Lipinski definition) is 11. The highest BCUT2D eigenvalue weighted by molar-refractivity contribution is 8.00. The first-order chi connectivity index (χ1) is 28.3. The average molecular weight is 875 g/mol. The second-order valence-electron chi connectivity index (χ2n) is 19.8. The molecule has 2 bridgehead atoms. The summed E-state index contributed by atoms with van der Waals surface area (Å²) in [5.41, 5.74) is -2.74. The number of rotatable bonds is 18. The van der Waals surface area contributed by atoms with Crippen LogP contribution in [-0.2, 0) is 39.8 Å². The van der Waals surface area contributed by atoms with Crippen molar-refractivity contribution in [3.8, 4) is 0 Å². The van der Waals surface area contributed by atoms with Crippen LogP contribution in [0.2, 0.25) is 0 Å². The van der Waals surface area contributed by atoms with E-state index in [2.05, 4.69) is 35.1 Å². The van der Waals surface area contributed by atoms with Gasteiger partial charge < -0.3 is 45.4 Å². The van der Waals surface area contributed by atoms with Crippen molar-refractivity contribution in [2.24, 2.45) is 28.1 Å². The maximum atomic E-state index is 14.3. The summed E-state index contributed by atoms with van der Waals surface area (Å²) in [5, 5.41) is 23.5. The molecule has 1 aromatic carbocycles. The third-order valence-corrected chi connectivity index (χ3v) is 13.4. The molecule has 2 saturated carbocycles. The molecule has 344 valence electrons. The largest absolute Gasteiger partial charge is 0.461 e. The topological polar surface area (TPSA) is 198 Å². The Bertz CT molecular complexity index is 1680. The van der Waals surface area contributed by atoms with Gasteiger partial charge in [-0.15, -0.1) is 11.8 Å². The number of nitrogens with one attached hydrogen (secondary N) is 4. The van der Waals surface area contributed by atoms with E-state index in [0.29, 0.717) is 45.2 Å². The predicted molar refractivity (Wildman–Crippen MR) is 236 cm³/mol. The fraction of sp³-hybridized carbons (Fsp3) is 0.739. The van der Waals surface area contributed by atoms with E-state index in [1.807, 2.05) is 31.2 Å². The van der Waals surface area contributed by atoms with Crippen molar-refractivity contribution < 1.29 is 48.1 Å². The first-order valence-corrected chi connectivity index (χ1v) is 22.8. The van der Waals surface area contributed by atoms with Crippen LogP contribution in [0.4, 0.5) is 9.59 Å². The van der Waals surface area contributed by atoms with Gasteiger partial charge in [0.25, 0.3) is 0 Å². The molecule has 14 nitrogen and oxygen atoms in total.